The number of halogens is 2. The molecular formula is C12H17BrFN. The zero-order valence-corrected chi connectivity index (χ0v) is 10.8. The predicted octanol–water partition coefficient (Wildman–Crippen LogP) is 3.47. The third-order valence-electron chi connectivity index (χ3n) is 2.60. The van der Waals surface area contributed by atoms with E-state index in [4.69, 9.17) is 0 Å². The largest absolute Gasteiger partial charge is 0.304 e. The molecule has 1 rings (SSSR count). The Labute approximate surface area is 99.4 Å². The minimum atomic E-state index is -0.193. The predicted molar refractivity (Wildman–Crippen MR) is 65.6 cm³/mol. The maximum Gasteiger partial charge on any atom is 0.137 e. The lowest BCUT2D eigenvalue weighted by Gasteiger charge is -2.17. The van der Waals surface area contributed by atoms with Gasteiger partial charge in [-0.3, -0.25) is 0 Å². The molecule has 0 aliphatic carbocycles. The van der Waals surface area contributed by atoms with Crippen molar-refractivity contribution in [3.8, 4) is 0 Å². The molecule has 1 nitrogen and oxygen atoms in total. The summed E-state index contributed by atoms with van der Waals surface area (Å²) in [7, 11) is 0. The first-order valence-corrected chi connectivity index (χ1v) is 6.13. The second kappa shape index (κ2) is 6.23. The van der Waals surface area contributed by atoms with E-state index in [1.165, 1.54) is 11.6 Å². The van der Waals surface area contributed by atoms with E-state index in [1.54, 1.807) is 0 Å². The van der Waals surface area contributed by atoms with Crippen LogP contribution in [0.4, 0.5) is 4.39 Å². The van der Waals surface area contributed by atoms with Gasteiger partial charge in [0.1, 0.15) is 5.82 Å². The molecule has 3 heteroatoms. The molecule has 0 fully saturated rings. The molecule has 0 spiro atoms. The van der Waals surface area contributed by atoms with Crippen LogP contribution in [0.5, 0.6) is 0 Å². The van der Waals surface area contributed by atoms with Gasteiger partial charge in [0.25, 0.3) is 0 Å². The molecule has 0 bridgehead atoms. The second-order valence-electron chi connectivity index (χ2n) is 3.53. The first-order valence-electron chi connectivity index (χ1n) is 5.33. The maximum absolute atomic E-state index is 13.0. The fourth-order valence-corrected chi connectivity index (χ4v) is 1.95. The molecule has 1 aromatic rings. The van der Waals surface area contributed by atoms with Crippen molar-refractivity contribution in [3.05, 3.63) is 34.1 Å². The van der Waals surface area contributed by atoms with E-state index >= 15 is 0 Å². The highest BCUT2D eigenvalue weighted by atomic mass is 79.9. The highest BCUT2D eigenvalue weighted by Gasteiger charge is 2.03. The van der Waals surface area contributed by atoms with Crippen LogP contribution in [0.15, 0.2) is 22.7 Å². The molecule has 0 N–H and O–H groups in total. The van der Waals surface area contributed by atoms with Crippen molar-refractivity contribution >= 4 is 15.9 Å². The molecule has 0 atom stereocenters. The van der Waals surface area contributed by atoms with Crippen LogP contribution < -0.4 is 0 Å². The third kappa shape index (κ3) is 3.92. The Kier molecular flexibility index (Phi) is 5.26. The van der Waals surface area contributed by atoms with Crippen LogP contribution in [0.25, 0.3) is 0 Å². The van der Waals surface area contributed by atoms with Gasteiger partial charge >= 0.3 is 0 Å². The first kappa shape index (κ1) is 12.7. The summed E-state index contributed by atoms with van der Waals surface area (Å²) in [4.78, 5) is 2.36. The lowest BCUT2D eigenvalue weighted by molar-refractivity contribution is 0.308. The summed E-state index contributed by atoms with van der Waals surface area (Å²) in [6.07, 6.45) is 0.973. The molecule has 0 unspecified atom stereocenters. The topological polar surface area (TPSA) is 3.24 Å². The monoisotopic (exact) mass is 273 g/mol. The Hall–Kier alpha value is -0.410. The lowest BCUT2D eigenvalue weighted by Crippen LogP contribution is -2.25. The van der Waals surface area contributed by atoms with Crippen molar-refractivity contribution in [1.82, 2.24) is 4.90 Å². The Balaban J connectivity index is 2.54. The van der Waals surface area contributed by atoms with Crippen molar-refractivity contribution in [2.75, 3.05) is 19.6 Å². The molecule has 0 heterocycles. The van der Waals surface area contributed by atoms with Crippen LogP contribution in [0, 0.1) is 5.82 Å². The smallest absolute Gasteiger partial charge is 0.137 e. The quantitative estimate of drug-likeness (QED) is 0.794. The van der Waals surface area contributed by atoms with Gasteiger partial charge in [0.05, 0.1) is 4.47 Å². The van der Waals surface area contributed by atoms with Crippen LogP contribution in [0.2, 0.25) is 0 Å². The van der Waals surface area contributed by atoms with Gasteiger partial charge in [0.2, 0.25) is 0 Å². The Morgan fingerprint density at radius 3 is 2.47 bits per heavy atom. The summed E-state index contributed by atoms with van der Waals surface area (Å²) in [5, 5.41) is 0. The third-order valence-corrected chi connectivity index (χ3v) is 3.20. The van der Waals surface area contributed by atoms with Crippen molar-refractivity contribution < 1.29 is 4.39 Å². The van der Waals surface area contributed by atoms with Gasteiger partial charge in [-0.05, 0) is 53.1 Å². The van der Waals surface area contributed by atoms with Crippen LogP contribution in [-0.4, -0.2) is 24.5 Å². The van der Waals surface area contributed by atoms with Gasteiger partial charge in [-0.25, -0.2) is 4.39 Å². The van der Waals surface area contributed by atoms with Crippen molar-refractivity contribution in [2.24, 2.45) is 0 Å². The van der Waals surface area contributed by atoms with Crippen LogP contribution in [-0.2, 0) is 6.42 Å². The summed E-state index contributed by atoms with van der Waals surface area (Å²) < 4.78 is 13.5. The van der Waals surface area contributed by atoms with E-state index in [1.807, 2.05) is 12.1 Å². The maximum atomic E-state index is 13.0. The number of nitrogens with zero attached hydrogens (tertiary/aromatic N) is 1. The first-order chi connectivity index (χ1) is 7.17. The highest BCUT2D eigenvalue weighted by molar-refractivity contribution is 9.10. The fraction of sp³-hybridized carbons (Fsp3) is 0.500. The van der Waals surface area contributed by atoms with Gasteiger partial charge in [0, 0.05) is 6.54 Å². The zero-order chi connectivity index (χ0) is 11.3. The molecule has 0 amide bonds. The van der Waals surface area contributed by atoms with Crippen LogP contribution >= 0.6 is 15.9 Å². The van der Waals surface area contributed by atoms with Crippen LogP contribution in [0.3, 0.4) is 0 Å². The number of rotatable bonds is 5. The fourth-order valence-electron chi connectivity index (χ4n) is 1.52. The molecule has 0 saturated carbocycles. The molecule has 0 radical (unpaired) electrons. The summed E-state index contributed by atoms with van der Waals surface area (Å²) in [6, 6.07) is 5.23. The van der Waals surface area contributed by atoms with Crippen molar-refractivity contribution in [2.45, 2.75) is 20.3 Å². The second-order valence-corrected chi connectivity index (χ2v) is 4.38. The standard InChI is InChI=1S/C12H17BrFN/c1-3-15(4-2)8-7-10-5-6-12(14)11(13)9-10/h5-6,9H,3-4,7-8H2,1-2H3. The summed E-state index contributed by atoms with van der Waals surface area (Å²) in [5.74, 6) is -0.193. The average Bonchev–Trinajstić information content (AvgIpc) is 2.24. The van der Waals surface area contributed by atoms with Crippen molar-refractivity contribution in [3.63, 3.8) is 0 Å². The number of likely N-dealkylation sites (N-methyl/N-ethyl adjacent to an activating group) is 1. The minimum absolute atomic E-state index is 0.193. The van der Waals surface area contributed by atoms with Gasteiger partial charge < -0.3 is 4.90 Å². The SMILES string of the molecule is CCN(CC)CCc1ccc(F)c(Br)c1. The lowest BCUT2D eigenvalue weighted by atomic mass is 10.1. The molecule has 0 saturated heterocycles. The summed E-state index contributed by atoms with van der Waals surface area (Å²) in [6.45, 7) is 7.48. The van der Waals surface area contributed by atoms with E-state index in [2.05, 4.69) is 34.7 Å². The van der Waals surface area contributed by atoms with Gasteiger partial charge in [-0.1, -0.05) is 19.9 Å². The number of benzene rings is 1. The molecular weight excluding hydrogens is 257 g/mol. The van der Waals surface area contributed by atoms with E-state index < -0.39 is 0 Å². The Morgan fingerprint density at radius 2 is 1.93 bits per heavy atom. The molecule has 15 heavy (non-hydrogen) atoms. The molecule has 0 aliphatic rings. The van der Waals surface area contributed by atoms with Crippen LogP contribution in [0.1, 0.15) is 19.4 Å². The Bertz CT molecular complexity index is 310. The molecule has 1 aromatic carbocycles. The number of hydrogen-bond donors (Lipinski definition) is 0. The normalized spacial score (nSPS) is 11.0. The Morgan fingerprint density at radius 1 is 1.27 bits per heavy atom. The van der Waals surface area contributed by atoms with E-state index in [0.29, 0.717) is 4.47 Å². The van der Waals surface area contributed by atoms with Gasteiger partial charge in [0.15, 0.2) is 0 Å². The molecule has 84 valence electrons. The molecule has 0 aliphatic heterocycles. The minimum Gasteiger partial charge on any atom is -0.304 e. The van der Waals surface area contributed by atoms with Gasteiger partial charge in [-0.15, -0.1) is 0 Å². The summed E-state index contributed by atoms with van der Waals surface area (Å²) >= 11 is 3.20. The van der Waals surface area contributed by atoms with E-state index in [0.717, 1.165) is 26.1 Å². The summed E-state index contributed by atoms with van der Waals surface area (Å²) in [5.41, 5.74) is 1.18. The van der Waals surface area contributed by atoms with Crippen molar-refractivity contribution in [1.29, 1.82) is 0 Å². The molecule has 0 aromatic heterocycles. The number of hydrogen-bond acceptors (Lipinski definition) is 1. The average molecular weight is 274 g/mol. The zero-order valence-electron chi connectivity index (χ0n) is 9.26. The van der Waals surface area contributed by atoms with Gasteiger partial charge in [-0.2, -0.15) is 0 Å². The highest BCUT2D eigenvalue weighted by Crippen LogP contribution is 2.17. The van der Waals surface area contributed by atoms with E-state index in [9.17, 15) is 4.39 Å². The van der Waals surface area contributed by atoms with E-state index in [-0.39, 0.29) is 5.82 Å².